The van der Waals surface area contributed by atoms with Gasteiger partial charge in [0.1, 0.15) is 12.4 Å². The Kier molecular flexibility index (Phi) is 6.12. The number of hydrogen-bond acceptors (Lipinski definition) is 4. The Morgan fingerprint density at radius 2 is 2.06 bits per heavy atom. The third-order valence-corrected chi connectivity index (χ3v) is 3.02. The molecule has 0 radical (unpaired) electrons. The Hall–Kier alpha value is -1.10. The van der Waals surface area contributed by atoms with Gasteiger partial charge in [-0.05, 0) is 38.1 Å². The van der Waals surface area contributed by atoms with Gasteiger partial charge >= 0.3 is 0 Å². The monoisotopic (exact) mass is 253 g/mol. The maximum atomic E-state index is 9.29. The van der Waals surface area contributed by atoms with Crippen LogP contribution in [0.2, 0.25) is 0 Å². The molecule has 1 aromatic carbocycles. The first kappa shape index (κ1) is 15.0. The van der Waals surface area contributed by atoms with Gasteiger partial charge in [0, 0.05) is 13.1 Å². The van der Waals surface area contributed by atoms with Gasteiger partial charge < -0.3 is 19.8 Å². The van der Waals surface area contributed by atoms with Crippen molar-refractivity contribution < 1.29 is 14.9 Å². The highest BCUT2D eigenvalue weighted by atomic mass is 16.5. The normalized spacial score (nSPS) is 12.8. The van der Waals surface area contributed by atoms with Crippen LogP contribution in [0.1, 0.15) is 11.1 Å². The molecule has 0 aliphatic heterocycles. The second kappa shape index (κ2) is 7.36. The Balaban J connectivity index is 2.35. The number of ether oxygens (including phenoxy) is 1. The van der Waals surface area contributed by atoms with Crippen molar-refractivity contribution in [2.75, 3.05) is 33.4 Å². The molecular formula is C14H23NO3. The number of rotatable bonds is 7. The van der Waals surface area contributed by atoms with Gasteiger partial charge in [0.2, 0.25) is 0 Å². The zero-order valence-corrected chi connectivity index (χ0v) is 11.4. The third-order valence-electron chi connectivity index (χ3n) is 3.02. The van der Waals surface area contributed by atoms with Gasteiger partial charge in [-0.15, -0.1) is 0 Å². The molecule has 0 spiro atoms. The molecule has 0 aliphatic carbocycles. The van der Waals surface area contributed by atoms with Crippen molar-refractivity contribution in [2.45, 2.75) is 20.0 Å². The standard InChI is InChI=1S/C14H23NO3/c1-11-5-4-6-14(12(11)2)18-8-7-15(3)9-13(17)10-16/h4-6,13,16-17H,7-10H2,1-3H3/t13-/m0/s1. The van der Waals surface area contributed by atoms with E-state index >= 15 is 0 Å². The van der Waals surface area contributed by atoms with Crippen LogP contribution in [0.4, 0.5) is 0 Å². The number of benzene rings is 1. The first-order valence-electron chi connectivity index (χ1n) is 6.21. The molecule has 1 rings (SSSR count). The van der Waals surface area contributed by atoms with Gasteiger partial charge in [-0.3, -0.25) is 0 Å². The summed E-state index contributed by atoms with van der Waals surface area (Å²) in [5.74, 6) is 0.908. The molecule has 0 bridgehead atoms. The topological polar surface area (TPSA) is 52.9 Å². The largest absolute Gasteiger partial charge is 0.492 e. The second-order valence-corrected chi connectivity index (χ2v) is 4.65. The summed E-state index contributed by atoms with van der Waals surface area (Å²) in [6.07, 6.45) is -0.685. The minimum absolute atomic E-state index is 0.206. The molecule has 0 heterocycles. The van der Waals surface area contributed by atoms with Gasteiger partial charge in [0.15, 0.2) is 0 Å². The highest BCUT2D eigenvalue weighted by molar-refractivity contribution is 5.38. The van der Waals surface area contributed by atoms with E-state index < -0.39 is 6.10 Å². The predicted molar refractivity (Wildman–Crippen MR) is 72.0 cm³/mol. The molecule has 0 unspecified atom stereocenters. The predicted octanol–water partition coefficient (Wildman–Crippen LogP) is 0.967. The fourth-order valence-corrected chi connectivity index (χ4v) is 1.70. The van der Waals surface area contributed by atoms with Crippen molar-refractivity contribution in [3.8, 4) is 5.75 Å². The van der Waals surface area contributed by atoms with Crippen molar-refractivity contribution in [3.05, 3.63) is 29.3 Å². The lowest BCUT2D eigenvalue weighted by atomic mass is 10.1. The Labute approximate surface area is 109 Å². The molecular weight excluding hydrogens is 230 g/mol. The summed E-state index contributed by atoms with van der Waals surface area (Å²) >= 11 is 0. The van der Waals surface area contributed by atoms with E-state index in [4.69, 9.17) is 9.84 Å². The number of aliphatic hydroxyl groups is 2. The number of aryl methyl sites for hydroxylation is 1. The second-order valence-electron chi connectivity index (χ2n) is 4.65. The quantitative estimate of drug-likeness (QED) is 0.760. The lowest BCUT2D eigenvalue weighted by molar-refractivity contribution is 0.0631. The molecule has 0 saturated heterocycles. The SMILES string of the molecule is Cc1cccc(OCCN(C)C[C@H](O)CO)c1C. The van der Waals surface area contributed by atoms with E-state index in [0.29, 0.717) is 19.7 Å². The van der Waals surface area contributed by atoms with Crippen molar-refractivity contribution in [2.24, 2.45) is 0 Å². The molecule has 4 nitrogen and oxygen atoms in total. The highest BCUT2D eigenvalue weighted by Crippen LogP contribution is 2.20. The van der Waals surface area contributed by atoms with E-state index in [-0.39, 0.29) is 6.61 Å². The first-order valence-corrected chi connectivity index (χ1v) is 6.21. The fraction of sp³-hybridized carbons (Fsp3) is 0.571. The van der Waals surface area contributed by atoms with Crippen LogP contribution < -0.4 is 4.74 Å². The van der Waals surface area contributed by atoms with Crippen LogP contribution in [0.25, 0.3) is 0 Å². The van der Waals surface area contributed by atoms with Crippen LogP contribution in [0.3, 0.4) is 0 Å². The number of aliphatic hydroxyl groups excluding tert-OH is 2. The molecule has 1 aromatic rings. The van der Waals surface area contributed by atoms with E-state index in [1.54, 1.807) is 0 Å². The number of nitrogens with zero attached hydrogens (tertiary/aromatic N) is 1. The lowest BCUT2D eigenvalue weighted by Crippen LogP contribution is -2.34. The van der Waals surface area contributed by atoms with Crippen LogP contribution in [-0.4, -0.2) is 54.6 Å². The van der Waals surface area contributed by atoms with Gasteiger partial charge in [-0.2, -0.15) is 0 Å². The fourth-order valence-electron chi connectivity index (χ4n) is 1.70. The summed E-state index contributed by atoms with van der Waals surface area (Å²) in [6.45, 7) is 5.63. The van der Waals surface area contributed by atoms with Gasteiger partial charge in [-0.1, -0.05) is 12.1 Å². The third kappa shape index (κ3) is 4.64. The van der Waals surface area contributed by atoms with Crippen LogP contribution in [0.5, 0.6) is 5.75 Å². The van der Waals surface area contributed by atoms with Crippen LogP contribution in [-0.2, 0) is 0 Å². The summed E-state index contributed by atoms with van der Waals surface area (Å²) in [5.41, 5.74) is 2.38. The highest BCUT2D eigenvalue weighted by Gasteiger charge is 2.07. The zero-order valence-electron chi connectivity index (χ0n) is 11.4. The maximum Gasteiger partial charge on any atom is 0.122 e. The van der Waals surface area contributed by atoms with Gasteiger partial charge in [0.25, 0.3) is 0 Å². The molecule has 4 heteroatoms. The minimum atomic E-state index is -0.685. The zero-order chi connectivity index (χ0) is 13.5. The van der Waals surface area contributed by atoms with Gasteiger partial charge in [0.05, 0.1) is 12.7 Å². The van der Waals surface area contributed by atoms with Gasteiger partial charge in [-0.25, -0.2) is 0 Å². The van der Waals surface area contributed by atoms with E-state index in [0.717, 1.165) is 11.3 Å². The average Bonchev–Trinajstić information content (AvgIpc) is 2.34. The van der Waals surface area contributed by atoms with E-state index in [9.17, 15) is 5.11 Å². The summed E-state index contributed by atoms with van der Waals surface area (Å²) < 4.78 is 5.72. The molecule has 0 aliphatic rings. The maximum absolute atomic E-state index is 9.29. The molecule has 1 atom stereocenters. The lowest BCUT2D eigenvalue weighted by Gasteiger charge is -2.19. The van der Waals surface area contributed by atoms with Crippen LogP contribution in [0, 0.1) is 13.8 Å². The number of likely N-dealkylation sites (N-methyl/N-ethyl adjacent to an activating group) is 1. The van der Waals surface area contributed by atoms with E-state index in [1.165, 1.54) is 5.56 Å². The summed E-state index contributed by atoms with van der Waals surface area (Å²) in [7, 11) is 1.89. The van der Waals surface area contributed by atoms with Crippen molar-refractivity contribution in [1.82, 2.24) is 4.90 Å². The van der Waals surface area contributed by atoms with Crippen molar-refractivity contribution >= 4 is 0 Å². The van der Waals surface area contributed by atoms with E-state index in [2.05, 4.69) is 13.0 Å². The molecule has 18 heavy (non-hydrogen) atoms. The number of hydrogen-bond donors (Lipinski definition) is 2. The Morgan fingerprint density at radius 1 is 1.33 bits per heavy atom. The molecule has 0 amide bonds. The van der Waals surface area contributed by atoms with Crippen molar-refractivity contribution in [1.29, 1.82) is 0 Å². The summed E-state index contributed by atoms with van der Waals surface area (Å²) in [4.78, 5) is 1.94. The molecule has 0 fully saturated rings. The van der Waals surface area contributed by atoms with Crippen LogP contribution >= 0.6 is 0 Å². The molecule has 2 N–H and O–H groups in total. The van der Waals surface area contributed by atoms with E-state index in [1.807, 2.05) is 31.0 Å². The Bertz CT molecular complexity index is 368. The molecule has 0 saturated carbocycles. The molecule has 0 aromatic heterocycles. The first-order chi connectivity index (χ1) is 8.54. The minimum Gasteiger partial charge on any atom is -0.492 e. The molecule has 102 valence electrons. The smallest absolute Gasteiger partial charge is 0.122 e. The van der Waals surface area contributed by atoms with Crippen LogP contribution in [0.15, 0.2) is 18.2 Å². The summed E-state index contributed by atoms with van der Waals surface area (Å²) in [6, 6.07) is 6.01. The van der Waals surface area contributed by atoms with Crippen molar-refractivity contribution in [3.63, 3.8) is 0 Å². The summed E-state index contributed by atoms with van der Waals surface area (Å²) in [5, 5.41) is 18.0. The Morgan fingerprint density at radius 3 is 2.72 bits per heavy atom. The average molecular weight is 253 g/mol.